The number of rotatable bonds is 4. The van der Waals surface area contributed by atoms with Crippen LogP contribution in [0.25, 0.3) is 23.5 Å². The normalized spacial score (nSPS) is 13.4. The van der Waals surface area contributed by atoms with Gasteiger partial charge in [-0.05, 0) is 42.2 Å². The maximum Gasteiger partial charge on any atom is 0.134 e. The summed E-state index contributed by atoms with van der Waals surface area (Å²) in [5.41, 5.74) is 4.53. The molecule has 2 aliphatic heterocycles. The number of fused-ring (bicyclic) bond motifs is 5. The SMILES string of the molecule is CSCOc1cccc(N2C=CC=c3c2ccc2c3=COc3ccccc3-2)c1. The molecule has 0 unspecified atom stereocenters. The molecule has 0 N–H and O–H groups in total. The third-order valence-electron chi connectivity index (χ3n) is 4.94. The fraction of sp³-hybridized carbons (Fsp3) is 0.0833. The van der Waals surface area contributed by atoms with Gasteiger partial charge in [-0.2, -0.15) is 0 Å². The second kappa shape index (κ2) is 7.13. The van der Waals surface area contributed by atoms with Crippen molar-refractivity contribution in [2.24, 2.45) is 0 Å². The van der Waals surface area contributed by atoms with Gasteiger partial charge in [0.15, 0.2) is 0 Å². The number of allylic oxidation sites excluding steroid dienone is 1. The highest BCUT2D eigenvalue weighted by Crippen LogP contribution is 2.32. The minimum Gasteiger partial charge on any atom is -0.483 e. The summed E-state index contributed by atoms with van der Waals surface area (Å²) in [6, 6.07) is 20.7. The second-order valence-electron chi connectivity index (χ2n) is 6.62. The molecular formula is C24H19NO2S. The molecule has 3 nitrogen and oxygen atoms in total. The molecule has 0 saturated heterocycles. The van der Waals surface area contributed by atoms with E-state index in [4.69, 9.17) is 9.47 Å². The summed E-state index contributed by atoms with van der Waals surface area (Å²) >= 11 is 1.66. The first-order chi connectivity index (χ1) is 13.8. The van der Waals surface area contributed by atoms with Gasteiger partial charge < -0.3 is 14.4 Å². The quantitative estimate of drug-likeness (QED) is 0.611. The topological polar surface area (TPSA) is 21.7 Å². The van der Waals surface area contributed by atoms with Crippen LogP contribution in [0.3, 0.4) is 0 Å². The van der Waals surface area contributed by atoms with Crippen molar-refractivity contribution in [3.05, 3.63) is 83.4 Å². The number of thioether (sulfide) groups is 1. The van der Waals surface area contributed by atoms with Crippen LogP contribution in [0, 0.1) is 0 Å². The van der Waals surface area contributed by atoms with Crippen LogP contribution in [0.15, 0.2) is 72.9 Å². The van der Waals surface area contributed by atoms with E-state index in [-0.39, 0.29) is 0 Å². The van der Waals surface area contributed by atoms with Gasteiger partial charge in [0.2, 0.25) is 0 Å². The summed E-state index contributed by atoms with van der Waals surface area (Å²) in [6.45, 7) is 0. The molecule has 0 radical (unpaired) electrons. The van der Waals surface area contributed by atoms with E-state index >= 15 is 0 Å². The predicted octanol–water partition coefficient (Wildman–Crippen LogP) is 4.63. The van der Waals surface area contributed by atoms with Gasteiger partial charge >= 0.3 is 0 Å². The second-order valence-corrected chi connectivity index (χ2v) is 7.43. The summed E-state index contributed by atoms with van der Waals surface area (Å²) < 4.78 is 11.7. The van der Waals surface area contributed by atoms with Gasteiger partial charge in [0.1, 0.15) is 17.4 Å². The first-order valence-electron chi connectivity index (χ1n) is 9.14. The van der Waals surface area contributed by atoms with Crippen molar-refractivity contribution in [1.29, 1.82) is 0 Å². The van der Waals surface area contributed by atoms with E-state index in [1.165, 1.54) is 5.56 Å². The van der Waals surface area contributed by atoms with E-state index < -0.39 is 0 Å². The minimum absolute atomic E-state index is 0.642. The maximum atomic E-state index is 5.91. The lowest BCUT2D eigenvalue weighted by molar-refractivity contribution is 0.393. The van der Waals surface area contributed by atoms with Crippen molar-refractivity contribution in [3.8, 4) is 22.6 Å². The molecule has 28 heavy (non-hydrogen) atoms. The van der Waals surface area contributed by atoms with Crippen LogP contribution in [0.4, 0.5) is 11.4 Å². The molecule has 0 atom stereocenters. The number of ether oxygens (including phenoxy) is 2. The van der Waals surface area contributed by atoms with Crippen LogP contribution >= 0.6 is 11.8 Å². The van der Waals surface area contributed by atoms with Crippen molar-refractivity contribution >= 4 is 35.5 Å². The number of hydrogen-bond acceptors (Lipinski definition) is 4. The van der Waals surface area contributed by atoms with E-state index in [9.17, 15) is 0 Å². The largest absolute Gasteiger partial charge is 0.483 e. The third-order valence-corrected chi connectivity index (χ3v) is 5.30. The zero-order valence-corrected chi connectivity index (χ0v) is 16.3. The first kappa shape index (κ1) is 17.0. The van der Waals surface area contributed by atoms with Gasteiger partial charge in [0.05, 0.1) is 11.9 Å². The highest BCUT2D eigenvalue weighted by atomic mass is 32.2. The third kappa shape index (κ3) is 2.86. The van der Waals surface area contributed by atoms with E-state index in [0.717, 1.165) is 38.9 Å². The average molecular weight is 385 g/mol. The molecule has 3 aromatic carbocycles. The van der Waals surface area contributed by atoms with Crippen LogP contribution < -0.4 is 24.8 Å². The molecule has 5 rings (SSSR count). The van der Waals surface area contributed by atoms with Crippen LogP contribution in [0.5, 0.6) is 11.5 Å². The lowest BCUT2D eigenvalue weighted by Crippen LogP contribution is -2.35. The van der Waals surface area contributed by atoms with Crippen LogP contribution in [0.1, 0.15) is 0 Å². The van der Waals surface area contributed by atoms with E-state index in [0.29, 0.717) is 5.94 Å². The van der Waals surface area contributed by atoms with Crippen molar-refractivity contribution < 1.29 is 9.47 Å². The fourth-order valence-electron chi connectivity index (χ4n) is 3.67. The Morgan fingerprint density at radius 3 is 2.82 bits per heavy atom. The summed E-state index contributed by atoms with van der Waals surface area (Å²) in [7, 11) is 0. The Labute approximate surface area is 168 Å². The van der Waals surface area contributed by atoms with Gasteiger partial charge in [0.25, 0.3) is 0 Å². The Morgan fingerprint density at radius 1 is 0.964 bits per heavy atom. The van der Waals surface area contributed by atoms with Crippen molar-refractivity contribution in [3.63, 3.8) is 0 Å². The van der Waals surface area contributed by atoms with Gasteiger partial charge in [-0.15, -0.1) is 11.8 Å². The molecule has 2 aliphatic rings. The van der Waals surface area contributed by atoms with Gasteiger partial charge in [-0.1, -0.05) is 36.4 Å². The van der Waals surface area contributed by atoms with Crippen LogP contribution in [0.2, 0.25) is 0 Å². The van der Waals surface area contributed by atoms with Gasteiger partial charge in [0, 0.05) is 34.0 Å². The van der Waals surface area contributed by atoms with Crippen LogP contribution in [-0.2, 0) is 0 Å². The van der Waals surface area contributed by atoms with E-state index in [1.807, 2.05) is 42.8 Å². The molecule has 4 heteroatoms. The monoisotopic (exact) mass is 385 g/mol. The Morgan fingerprint density at radius 2 is 1.89 bits per heavy atom. The van der Waals surface area contributed by atoms with E-state index in [1.54, 1.807) is 11.8 Å². The number of nitrogens with zero attached hydrogens (tertiary/aromatic N) is 1. The Bertz CT molecular complexity index is 1200. The molecule has 0 saturated carbocycles. The van der Waals surface area contributed by atoms with Crippen molar-refractivity contribution in [1.82, 2.24) is 0 Å². The number of anilines is 2. The molecular weight excluding hydrogens is 366 g/mol. The number of benzene rings is 3. The molecule has 0 aliphatic carbocycles. The van der Waals surface area contributed by atoms with Crippen LogP contribution in [-0.4, -0.2) is 12.2 Å². The summed E-state index contributed by atoms with van der Waals surface area (Å²) in [5.74, 6) is 2.41. The maximum absolute atomic E-state index is 5.91. The summed E-state index contributed by atoms with van der Waals surface area (Å²) in [5, 5.41) is 2.27. The number of para-hydroxylation sites is 1. The highest BCUT2D eigenvalue weighted by Gasteiger charge is 2.18. The average Bonchev–Trinajstić information content (AvgIpc) is 2.77. The molecule has 0 amide bonds. The molecule has 0 spiro atoms. The lowest BCUT2D eigenvalue weighted by atomic mass is 9.97. The zero-order valence-electron chi connectivity index (χ0n) is 15.5. The smallest absolute Gasteiger partial charge is 0.134 e. The molecule has 0 bridgehead atoms. The Hall–Kier alpha value is -3.11. The molecule has 3 aromatic rings. The lowest BCUT2D eigenvalue weighted by Gasteiger charge is -2.26. The standard InChI is InChI=1S/C24H19NO2S/c1-28-16-27-18-7-4-6-17(14-18)25-13-5-9-20-22-15-26-24-10-3-2-8-21(24)19(22)11-12-23(20)25/h2-15H,16H2,1H3. The summed E-state index contributed by atoms with van der Waals surface area (Å²) in [6.07, 6.45) is 10.2. The first-order valence-corrected chi connectivity index (χ1v) is 10.5. The molecule has 2 heterocycles. The van der Waals surface area contributed by atoms with E-state index in [2.05, 4.69) is 53.6 Å². The Kier molecular flexibility index (Phi) is 4.34. The molecule has 0 aromatic heterocycles. The minimum atomic E-state index is 0.642. The fourth-order valence-corrected chi connectivity index (χ4v) is 3.92. The molecule has 0 fully saturated rings. The summed E-state index contributed by atoms with van der Waals surface area (Å²) in [4.78, 5) is 2.19. The highest BCUT2D eigenvalue weighted by molar-refractivity contribution is 7.98. The van der Waals surface area contributed by atoms with Crippen molar-refractivity contribution in [2.45, 2.75) is 0 Å². The van der Waals surface area contributed by atoms with Gasteiger partial charge in [-0.25, -0.2) is 0 Å². The van der Waals surface area contributed by atoms with Crippen molar-refractivity contribution in [2.75, 3.05) is 17.1 Å². The zero-order chi connectivity index (χ0) is 18.9. The molecule has 138 valence electrons. The number of hydrogen-bond donors (Lipinski definition) is 0. The Balaban J connectivity index is 1.61. The van der Waals surface area contributed by atoms with Gasteiger partial charge in [-0.3, -0.25) is 0 Å². The predicted molar refractivity (Wildman–Crippen MR) is 117 cm³/mol.